The molecule has 0 saturated heterocycles. The molecule has 0 aromatic heterocycles. The number of rotatable bonds is 2. The minimum Gasteiger partial charge on any atom is -0.192 e. The van der Waals surface area contributed by atoms with E-state index in [1.165, 1.54) is 0 Å². The van der Waals surface area contributed by atoms with Gasteiger partial charge in [-0.25, -0.2) is 0 Å². The van der Waals surface area contributed by atoms with Crippen molar-refractivity contribution in [3.8, 4) is 22.3 Å². The van der Waals surface area contributed by atoms with Gasteiger partial charge in [-0.15, -0.1) is 0 Å². The molecule has 0 radical (unpaired) electrons. The first kappa shape index (κ1) is 19.6. The minimum atomic E-state index is -5.89. The Morgan fingerprint density at radius 1 is 0.759 bits per heavy atom. The van der Waals surface area contributed by atoms with Crippen LogP contribution in [-0.4, -0.2) is 13.9 Å². The predicted molar refractivity (Wildman–Crippen MR) is 105 cm³/mol. The van der Waals surface area contributed by atoms with Crippen molar-refractivity contribution < 1.29 is 25.2 Å². The van der Waals surface area contributed by atoms with E-state index in [1.54, 1.807) is 78.9 Å². The highest BCUT2D eigenvalue weighted by molar-refractivity contribution is 8.37. The molecule has 0 fully saturated rings. The molecule has 1 heterocycles. The zero-order valence-electron chi connectivity index (χ0n) is 14.7. The van der Waals surface area contributed by atoms with E-state index >= 15 is 0 Å². The summed E-state index contributed by atoms with van der Waals surface area (Å²) in [6.45, 7) is 0. The second-order valence-corrected chi connectivity index (χ2v) is 10.2. The number of benzene rings is 3. The lowest BCUT2D eigenvalue weighted by Crippen LogP contribution is -2.26. The number of alkyl halides is 3. The summed E-state index contributed by atoms with van der Waals surface area (Å²) in [5.41, 5.74) is -3.81. The van der Waals surface area contributed by atoms with Gasteiger partial charge in [0.1, 0.15) is 0 Å². The van der Waals surface area contributed by atoms with Gasteiger partial charge in [-0.3, -0.25) is 0 Å². The molecule has 3 aromatic carbocycles. The quantitative estimate of drug-likeness (QED) is 0.385. The minimum absolute atomic E-state index is 0.331. The summed E-state index contributed by atoms with van der Waals surface area (Å²) in [7, 11) is -9.18. The molecule has 4 rings (SSSR count). The number of hydrogen-bond acceptors (Lipinski definition) is 3. The molecule has 3 aromatic rings. The molecule has 1 aliphatic rings. The Morgan fingerprint density at radius 2 is 1.24 bits per heavy atom. The average Bonchev–Trinajstić information content (AvgIpc) is 2.97. The molecular formula is C21H13F3O3S2. The third-order valence-corrected chi connectivity index (χ3v) is 8.71. The number of halogens is 3. The predicted octanol–water partition coefficient (Wildman–Crippen LogP) is 5.68. The Bertz CT molecular complexity index is 1200. The van der Waals surface area contributed by atoms with Crippen molar-refractivity contribution in [2.24, 2.45) is 0 Å². The Balaban J connectivity index is 2.01. The lowest BCUT2D eigenvalue weighted by Gasteiger charge is -2.30. The summed E-state index contributed by atoms with van der Waals surface area (Å²) in [4.78, 5) is 0.662. The van der Waals surface area contributed by atoms with Crippen LogP contribution >= 0.6 is 10.3 Å². The SMILES string of the molecule is O=S(=O)(OS1(C#Cc2ccccc2)c2ccccc2-c2ccccc21)C(F)(F)F. The van der Waals surface area contributed by atoms with Gasteiger partial charge in [-0.2, -0.15) is 25.2 Å². The molecule has 0 atom stereocenters. The molecule has 148 valence electrons. The van der Waals surface area contributed by atoms with E-state index in [0.717, 1.165) is 0 Å². The van der Waals surface area contributed by atoms with Crippen LogP contribution in [0.2, 0.25) is 0 Å². The molecular weight excluding hydrogens is 421 g/mol. The second-order valence-electron chi connectivity index (χ2n) is 6.11. The first-order chi connectivity index (χ1) is 13.7. The van der Waals surface area contributed by atoms with E-state index in [0.29, 0.717) is 26.5 Å². The van der Waals surface area contributed by atoms with Gasteiger partial charge in [0.2, 0.25) is 0 Å². The Kier molecular flexibility index (Phi) is 4.69. The summed E-state index contributed by atoms with van der Waals surface area (Å²) < 4.78 is 68.8. The third kappa shape index (κ3) is 3.31. The van der Waals surface area contributed by atoms with Crippen molar-refractivity contribution >= 4 is 20.4 Å². The van der Waals surface area contributed by atoms with Crippen LogP contribution in [-0.2, 0) is 13.7 Å². The van der Waals surface area contributed by atoms with Gasteiger partial charge in [0, 0.05) is 25.7 Å². The van der Waals surface area contributed by atoms with E-state index in [-0.39, 0.29) is 0 Å². The molecule has 0 saturated carbocycles. The van der Waals surface area contributed by atoms with Gasteiger partial charge >= 0.3 is 15.6 Å². The van der Waals surface area contributed by atoms with Crippen LogP contribution in [0.4, 0.5) is 13.2 Å². The lowest BCUT2D eigenvalue weighted by atomic mass is 10.1. The molecule has 8 heteroatoms. The first-order valence-corrected chi connectivity index (χ1v) is 11.3. The molecule has 0 aliphatic carbocycles. The fourth-order valence-corrected chi connectivity index (χ4v) is 7.36. The van der Waals surface area contributed by atoms with Crippen molar-refractivity contribution in [1.82, 2.24) is 0 Å². The van der Waals surface area contributed by atoms with Crippen LogP contribution in [0.5, 0.6) is 0 Å². The van der Waals surface area contributed by atoms with Crippen LogP contribution < -0.4 is 0 Å². The fourth-order valence-electron chi connectivity index (χ4n) is 3.02. The van der Waals surface area contributed by atoms with Crippen LogP contribution in [0.25, 0.3) is 11.1 Å². The third-order valence-electron chi connectivity index (χ3n) is 4.27. The highest BCUT2D eigenvalue weighted by Crippen LogP contribution is 2.72. The zero-order chi connectivity index (χ0) is 20.7. The molecule has 0 N–H and O–H groups in total. The van der Waals surface area contributed by atoms with Crippen LogP contribution in [0.15, 0.2) is 88.7 Å². The summed E-state index contributed by atoms with van der Waals surface area (Å²) in [6, 6.07) is 21.9. The van der Waals surface area contributed by atoms with Crippen LogP contribution in [0, 0.1) is 11.2 Å². The molecule has 0 bridgehead atoms. The normalized spacial score (nSPS) is 15.6. The summed E-state index contributed by atoms with van der Waals surface area (Å²) in [5.74, 6) is 2.81. The number of fused-ring (bicyclic) bond motifs is 3. The topological polar surface area (TPSA) is 43.4 Å². The van der Waals surface area contributed by atoms with E-state index in [2.05, 4.69) is 11.2 Å². The van der Waals surface area contributed by atoms with Gasteiger partial charge in [-0.05, 0) is 40.6 Å². The lowest BCUT2D eigenvalue weighted by molar-refractivity contribution is -0.0495. The van der Waals surface area contributed by atoms with Gasteiger partial charge in [0.05, 0.1) is 0 Å². The molecule has 0 amide bonds. The first-order valence-electron chi connectivity index (χ1n) is 8.37. The van der Waals surface area contributed by atoms with Crippen molar-refractivity contribution in [1.29, 1.82) is 0 Å². The van der Waals surface area contributed by atoms with E-state index < -0.39 is 25.9 Å². The second kappa shape index (κ2) is 6.95. The van der Waals surface area contributed by atoms with E-state index in [1.807, 2.05) is 0 Å². The van der Waals surface area contributed by atoms with Crippen molar-refractivity contribution in [2.45, 2.75) is 15.3 Å². The fraction of sp³-hybridized carbons (Fsp3) is 0.0476. The highest BCUT2D eigenvalue weighted by atomic mass is 32.3. The number of hydrogen-bond donors (Lipinski definition) is 0. The van der Waals surface area contributed by atoms with E-state index in [4.69, 9.17) is 3.63 Å². The van der Waals surface area contributed by atoms with Gasteiger partial charge in [-0.1, -0.05) is 60.5 Å². The zero-order valence-corrected chi connectivity index (χ0v) is 16.3. The van der Waals surface area contributed by atoms with E-state index in [9.17, 15) is 21.6 Å². The van der Waals surface area contributed by atoms with Crippen LogP contribution in [0.3, 0.4) is 0 Å². The Hall–Kier alpha value is -2.73. The Morgan fingerprint density at radius 3 is 1.76 bits per heavy atom. The van der Waals surface area contributed by atoms with Crippen molar-refractivity contribution in [3.63, 3.8) is 0 Å². The van der Waals surface area contributed by atoms with Crippen molar-refractivity contribution in [3.05, 3.63) is 84.4 Å². The molecule has 0 spiro atoms. The summed E-state index contributed by atoms with van der Waals surface area (Å²) >= 11 is 0. The maximum atomic E-state index is 13.2. The molecule has 0 unspecified atom stereocenters. The van der Waals surface area contributed by atoms with Gasteiger partial charge in [0.25, 0.3) is 0 Å². The maximum Gasteiger partial charge on any atom is 0.524 e. The smallest absolute Gasteiger partial charge is 0.192 e. The molecule has 1 aliphatic heterocycles. The molecule has 3 nitrogen and oxygen atoms in total. The average molecular weight is 434 g/mol. The summed E-state index contributed by atoms with van der Waals surface area (Å²) in [5, 5.41) is 2.78. The highest BCUT2D eigenvalue weighted by Gasteiger charge is 2.53. The van der Waals surface area contributed by atoms with Crippen LogP contribution in [0.1, 0.15) is 5.56 Å². The van der Waals surface area contributed by atoms with Gasteiger partial charge in [0.15, 0.2) is 0 Å². The van der Waals surface area contributed by atoms with Crippen molar-refractivity contribution in [2.75, 3.05) is 0 Å². The molecule has 29 heavy (non-hydrogen) atoms. The Labute approximate surface area is 167 Å². The maximum absolute atomic E-state index is 13.2. The largest absolute Gasteiger partial charge is 0.524 e. The van der Waals surface area contributed by atoms with Gasteiger partial charge < -0.3 is 0 Å². The standard InChI is InChI=1S/C21H13F3O3S2/c22-21(23,24)29(25,26)27-28(15-14-16-8-2-1-3-9-16)19-12-6-4-10-17(19)18-11-5-7-13-20(18)28/h1-13H. The summed E-state index contributed by atoms with van der Waals surface area (Å²) in [6.07, 6.45) is 0. The monoisotopic (exact) mass is 434 g/mol.